The number of nitrogens with zero attached hydrogens (tertiary/aromatic N) is 1. The monoisotopic (exact) mass is 193 g/mol. The molecule has 1 rings (SSSR count). The number of para-hydroxylation sites is 1. The van der Waals surface area contributed by atoms with Gasteiger partial charge >= 0.3 is 6.03 Å². The Bertz CT molecular complexity index is 323. The molecule has 76 valence electrons. The summed E-state index contributed by atoms with van der Waals surface area (Å²) in [5.41, 5.74) is 1.92. The molecule has 0 aliphatic heterocycles. The van der Waals surface area contributed by atoms with Crippen LogP contribution in [0, 0.1) is 0 Å². The smallest absolute Gasteiger partial charge is 0.306 e. The molecule has 2 amide bonds. The number of nitrogens with one attached hydrogen (secondary N) is 1. The van der Waals surface area contributed by atoms with Crippen molar-refractivity contribution in [2.75, 3.05) is 12.4 Å². The van der Waals surface area contributed by atoms with Crippen LogP contribution in [0.4, 0.5) is 10.5 Å². The summed E-state index contributed by atoms with van der Waals surface area (Å²) in [5.74, 6) is 5.30. The maximum atomic E-state index is 11.3. The summed E-state index contributed by atoms with van der Waals surface area (Å²) in [7, 11) is 1.50. The highest BCUT2D eigenvalue weighted by molar-refractivity contribution is 5.89. The molecule has 3 N–H and O–H groups in total. The first-order valence-electron chi connectivity index (χ1n) is 4.52. The maximum Gasteiger partial charge on any atom is 0.335 e. The molecular formula is C10H15N3O. The minimum absolute atomic E-state index is 0.314. The third-order valence-electron chi connectivity index (χ3n) is 1.96. The van der Waals surface area contributed by atoms with Gasteiger partial charge in [-0.15, -0.1) is 0 Å². The maximum absolute atomic E-state index is 11.3. The van der Waals surface area contributed by atoms with Crippen LogP contribution in [0.3, 0.4) is 0 Å². The number of carbonyl (C=O) groups excluding carboxylic acids is 1. The average molecular weight is 193 g/mol. The number of urea groups is 1. The van der Waals surface area contributed by atoms with Crippen LogP contribution in [0.5, 0.6) is 0 Å². The van der Waals surface area contributed by atoms with E-state index in [0.717, 1.165) is 22.7 Å². The fourth-order valence-corrected chi connectivity index (χ4v) is 1.15. The van der Waals surface area contributed by atoms with Gasteiger partial charge in [0.25, 0.3) is 0 Å². The highest BCUT2D eigenvalue weighted by Gasteiger charge is 2.06. The number of nitrogens with two attached hydrogens (primary N) is 1. The zero-order valence-corrected chi connectivity index (χ0v) is 8.45. The van der Waals surface area contributed by atoms with E-state index in [4.69, 9.17) is 5.84 Å². The number of hydrazine groups is 1. The number of hydrogen-bond donors (Lipinski definition) is 2. The number of aryl methyl sites for hydroxylation is 1. The molecule has 1 aromatic rings. The van der Waals surface area contributed by atoms with Crippen molar-refractivity contribution in [3.63, 3.8) is 0 Å². The molecule has 0 atom stereocenters. The van der Waals surface area contributed by atoms with Crippen molar-refractivity contribution in [3.8, 4) is 0 Å². The van der Waals surface area contributed by atoms with Gasteiger partial charge in [0.1, 0.15) is 0 Å². The number of benzene rings is 1. The number of hydrogen-bond acceptors (Lipinski definition) is 2. The van der Waals surface area contributed by atoms with E-state index in [9.17, 15) is 4.79 Å². The third kappa shape index (κ3) is 2.47. The predicted octanol–water partition coefficient (Wildman–Crippen LogP) is 1.59. The Hall–Kier alpha value is -1.55. The summed E-state index contributed by atoms with van der Waals surface area (Å²) >= 11 is 0. The highest BCUT2D eigenvalue weighted by atomic mass is 16.2. The minimum atomic E-state index is -0.314. The largest absolute Gasteiger partial charge is 0.335 e. The standard InChI is InChI=1S/C10H15N3O/c1-3-8-6-4-5-7-9(8)12-10(14)13(2)11/h4-7H,3,11H2,1-2H3,(H,12,14). The second-order valence-electron chi connectivity index (χ2n) is 3.05. The zero-order chi connectivity index (χ0) is 10.6. The first kappa shape index (κ1) is 10.5. The van der Waals surface area contributed by atoms with E-state index in [2.05, 4.69) is 5.32 Å². The van der Waals surface area contributed by atoms with E-state index >= 15 is 0 Å². The van der Waals surface area contributed by atoms with Crippen molar-refractivity contribution in [2.45, 2.75) is 13.3 Å². The van der Waals surface area contributed by atoms with Gasteiger partial charge in [0.15, 0.2) is 0 Å². The number of anilines is 1. The SMILES string of the molecule is CCc1ccccc1NC(=O)N(C)N. The summed E-state index contributed by atoms with van der Waals surface area (Å²) in [5, 5.41) is 3.74. The molecule has 0 spiro atoms. The van der Waals surface area contributed by atoms with Crippen LogP contribution in [0.2, 0.25) is 0 Å². The molecule has 0 heterocycles. The highest BCUT2D eigenvalue weighted by Crippen LogP contribution is 2.15. The van der Waals surface area contributed by atoms with Crippen LogP contribution >= 0.6 is 0 Å². The van der Waals surface area contributed by atoms with Crippen LogP contribution in [-0.4, -0.2) is 18.1 Å². The molecule has 0 bridgehead atoms. The van der Waals surface area contributed by atoms with Crippen LogP contribution in [0.1, 0.15) is 12.5 Å². The van der Waals surface area contributed by atoms with E-state index in [1.807, 2.05) is 31.2 Å². The van der Waals surface area contributed by atoms with Crippen LogP contribution < -0.4 is 11.2 Å². The van der Waals surface area contributed by atoms with Gasteiger partial charge in [0.05, 0.1) is 0 Å². The summed E-state index contributed by atoms with van der Waals surface area (Å²) < 4.78 is 0. The minimum Gasteiger partial charge on any atom is -0.306 e. The van der Waals surface area contributed by atoms with Gasteiger partial charge in [0.2, 0.25) is 0 Å². The van der Waals surface area contributed by atoms with Crippen LogP contribution in [0.25, 0.3) is 0 Å². The van der Waals surface area contributed by atoms with Crippen molar-refractivity contribution < 1.29 is 4.79 Å². The topological polar surface area (TPSA) is 58.4 Å². The molecule has 0 aliphatic carbocycles. The number of carbonyl (C=O) groups is 1. The van der Waals surface area contributed by atoms with Gasteiger partial charge < -0.3 is 5.32 Å². The number of amides is 2. The summed E-state index contributed by atoms with van der Waals surface area (Å²) in [6.07, 6.45) is 0.880. The van der Waals surface area contributed by atoms with Gasteiger partial charge in [-0.3, -0.25) is 5.01 Å². The van der Waals surface area contributed by atoms with E-state index in [1.165, 1.54) is 7.05 Å². The predicted molar refractivity (Wildman–Crippen MR) is 56.8 cm³/mol. The zero-order valence-electron chi connectivity index (χ0n) is 8.45. The second-order valence-corrected chi connectivity index (χ2v) is 3.05. The summed E-state index contributed by atoms with van der Waals surface area (Å²) in [6, 6.07) is 7.35. The quantitative estimate of drug-likeness (QED) is 0.425. The van der Waals surface area contributed by atoms with Gasteiger partial charge in [-0.1, -0.05) is 25.1 Å². The summed E-state index contributed by atoms with van der Waals surface area (Å²) in [4.78, 5) is 11.3. The van der Waals surface area contributed by atoms with E-state index in [-0.39, 0.29) is 6.03 Å². The molecule has 14 heavy (non-hydrogen) atoms. The van der Waals surface area contributed by atoms with Crippen molar-refractivity contribution in [3.05, 3.63) is 29.8 Å². The van der Waals surface area contributed by atoms with E-state index in [1.54, 1.807) is 0 Å². The lowest BCUT2D eigenvalue weighted by atomic mass is 10.1. The molecule has 1 aromatic carbocycles. The van der Waals surface area contributed by atoms with Crippen molar-refractivity contribution >= 4 is 11.7 Å². The summed E-state index contributed by atoms with van der Waals surface area (Å²) in [6.45, 7) is 2.04. The molecule has 4 heteroatoms. The first-order valence-corrected chi connectivity index (χ1v) is 4.52. The van der Waals surface area contributed by atoms with Gasteiger partial charge in [-0.05, 0) is 18.1 Å². The Balaban J connectivity index is 2.80. The Morgan fingerprint density at radius 3 is 2.71 bits per heavy atom. The average Bonchev–Trinajstić information content (AvgIpc) is 2.18. The normalized spacial score (nSPS) is 9.64. The molecule has 0 aromatic heterocycles. The molecule has 0 radical (unpaired) electrons. The Morgan fingerprint density at radius 1 is 1.50 bits per heavy atom. The lowest BCUT2D eigenvalue weighted by Crippen LogP contribution is -2.37. The fourth-order valence-electron chi connectivity index (χ4n) is 1.15. The molecule has 0 saturated carbocycles. The molecular weight excluding hydrogens is 178 g/mol. The number of rotatable bonds is 2. The van der Waals surface area contributed by atoms with Crippen molar-refractivity contribution in [1.82, 2.24) is 5.01 Å². The van der Waals surface area contributed by atoms with Gasteiger partial charge in [0, 0.05) is 12.7 Å². The lowest BCUT2D eigenvalue weighted by molar-refractivity contribution is 0.223. The molecule has 0 unspecified atom stereocenters. The molecule has 0 aliphatic rings. The van der Waals surface area contributed by atoms with E-state index in [0.29, 0.717) is 0 Å². The second kappa shape index (κ2) is 4.62. The van der Waals surface area contributed by atoms with Crippen molar-refractivity contribution in [1.29, 1.82) is 0 Å². The van der Waals surface area contributed by atoms with Crippen molar-refractivity contribution in [2.24, 2.45) is 5.84 Å². The Labute approximate surface area is 83.7 Å². The van der Waals surface area contributed by atoms with Gasteiger partial charge in [-0.25, -0.2) is 10.6 Å². The Kier molecular flexibility index (Phi) is 3.48. The van der Waals surface area contributed by atoms with E-state index < -0.39 is 0 Å². The first-order chi connectivity index (χ1) is 6.65. The molecule has 4 nitrogen and oxygen atoms in total. The Morgan fingerprint density at radius 2 is 2.14 bits per heavy atom. The van der Waals surface area contributed by atoms with Crippen LogP contribution in [-0.2, 0) is 6.42 Å². The molecule has 0 fully saturated rings. The third-order valence-corrected chi connectivity index (χ3v) is 1.96. The fraction of sp³-hybridized carbons (Fsp3) is 0.300. The van der Waals surface area contributed by atoms with Crippen LogP contribution in [0.15, 0.2) is 24.3 Å². The lowest BCUT2D eigenvalue weighted by Gasteiger charge is -2.13. The molecule has 0 saturated heterocycles. The van der Waals surface area contributed by atoms with Gasteiger partial charge in [-0.2, -0.15) is 0 Å².